The number of benzene rings is 1. The molecule has 3 aromatic rings. The van der Waals surface area contributed by atoms with E-state index in [1.807, 2.05) is 27.0 Å². The van der Waals surface area contributed by atoms with Gasteiger partial charge in [-0.05, 0) is 30.5 Å². The lowest BCUT2D eigenvalue weighted by atomic mass is 9.92. The first-order valence-electron chi connectivity index (χ1n) is 9.78. The molecule has 0 aliphatic rings. The van der Waals surface area contributed by atoms with E-state index in [1.54, 1.807) is 30.3 Å². The number of nitrogens with one attached hydrogen (secondary N) is 3. The number of amides is 2. The van der Waals surface area contributed by atoms with Crippen molar-refractivity contribution in [3.63, 3.8) is 0 Å². The lowest BCUT2D eigenvalue weighted by molar-refractivity contribution is 0.261. The first-order valence-corrected chi connectivity index (χ1v) is 12.9. The van der Waals surface area contributed by atoms with Crippen molar-refractivity contribution in [1.29, 1.82) is 0 Å². The minimum absolute atomic E-state index is 0.150. The quantitative estimate of drug-likeness (QED) is 0.397. The molecule has 3 N–H and O–H groups in total. The maximum atomic E-state index is 12.4. The standard InChI is InChI=1S/C21H25N5O5S2/c1-21(2,3)17-12-19(31-25-17)24-20(27)23-15-7-6-13(10-16(15)32-4)30-14-8-9-22-18(11-14)26-33(5,28)29/h6-12H,1-5H3,(H,22,26)(H2,23,24,27). The number of carbonyl (C=O) groups excluding carboxylic acids is 1. The summed E-state index contributed by atoms with van der Waals surface area (Å²) in [6.07, 6.45) is 4.35. The molecule has 0 fully saturated rings. The fraction of sp³-hybridized carbons (Fsp3) is 0.286. The summed E-state index contributed by atoms with van der Waals surface area (Å²) in [5, 5.41) is 9.39. The van der Waals surface area contributed by atoms with Crippen LogP contribution in [0, 0.1) is 0 Å². The molecule has 10 nitrogen and oxygen atoms in total. The average molecular weight is 492 g/mol. The van der Waals surface area contributed by atoms with E-state index in [9.17, 15) is 13.2 Å². The number of pyridine rings is 1. The molecule has 0 saturated heterocycles. The van der Waals surface area contributed by atoms with Gasteiger partial charge < -0.3 is 14.6 Å². The van der Waals surface area contributed by atoms with Gasteiger partial charge in [-0.2, -0.15) is 0 Å². The third-order valence-electron chi connectivity index (χ3n) is 4.19. The molecule has 0 bridgehead atoms. The second-order valence-electron chi connectivity index (χ2n) is 8.12. The summed E-state index contributed by atoms with van der Waals surface area (Å²) in [7, 11) is -3.45. The Morgan fingerprint density at radius 1 is 1.09 bits per heavy atom. The Bertz CT molecular complexity index is 1250. The average Bonchev–Trinajstić information content (AvgIpc) is 3.17. The molecule has 3 rings (SSSR count). The number of hydrogen-bond acceptors (Lipinski definition) is 8. The molecular formula is C21H25N5O5S2. The molecule has 0 spiro atoms. The first kappa shape index (κ1) is 24.4. The molecule has 176 valence electrons. The molecule has 0 aliphatic carbocycles. The van der Waals surface area contributed by atoms with Crippen LogP contribution in [0.4, 0.5) is 22.2 Å². The van der Waals surface area contributed by atoms with Gasteiger partial charge in [0.1, 0.15) is 17.3 Å². The van der Waals surface area contributed by atoms with Crippen molar-refractivity contribution < 1.29 is 22.5 Å². The second-order valence-corrected chi connectivity index (χ2v) is 10.7. The fourth-order valence-electron chi connectivity index (χ4n) is 2.65. The van der Waals surface area contributed by atoms with Crippen LogP contribution in [0.1, 0.15) is 26.5 Å². The summed E-state index contributed by atoms with van der Waals surface area (Å²) in [4.78, 5) is 17.1. The topological polar surface area (TPSA) is 135 Å². The van der Waals surface area contributed by atoms with E-state index in [2.05, 4.69) is 25.5 Å². The molecular weight excluding hydrogens is 466 g/mol. The number of hydrogen-bond donors (Lipinski definition) is 3. The number of urea groups is 1. The van der Waals surface area contributed by atoms with Gasteiger partial charge >= 0.3 is 6.03 Å². The molecule has 1 aromatic carbocycles. The summed E-state index contributed by atoms with van der Waals surface area (Å²) in [6.45, 7) is 5.99. The zero-order valence-electron chi connectivity index (χ0n) is 18.8. The molecule has 0 saturated carbocycles. The highest BCUT2D eigenvalue weighted by Gasteiger charge is 2.20. The maximum absolute atomic E-state index is 12.4. The fourth-order valence-corrected chi connectivity index (χ4v) is 3.71. The molecule has 0 unspecified atom stereocenters. The smallest absolute Gasteiger partial charge is 0.326 e. The summed E-state index contributed by atoms with van der Waals surface area (Å²) in [5.41, 5.74) is 1.12. The molecule has 0 atom stereocenters. The van der Waals surface area contributed by atoms with Crippen LogP contribution >= 0.6 is 11.8 Å². The minimum Gasteiger partial charge on any atom is -0.457 e. The van der Waals surface area contributed by atoms with Crippen molar-refractivity contribution in [2.75, 3.05) is 27.9 Å². The van der Waals surface area contributed by atoms with E-state index in [-0.39, 0.29) is 17.1 Å². The molecule has 2 heterocycles. The van der Waals surface area contributed by atoms with E-state index >= 15 is 0 Å². The van der Waals surface area contributed by atoms with Gasteiger partial charge in [0, 0.05) is 28.6 Å². The lowest BCUT2D eigenvalue weighted by Gasteiger charge is -2.13. The summed E-state index contributed by atoms with van der Waals surface area (Å²) >= 11 is 1.42. The summed E-state index contributed by atoms with van der Waals surface area (Å²) in [5.74, 6) is 1.31. The first-order chi connectivity index (χ1) is 15.4. The van der Waals surface area contributed by atoms with Crippen LogP contribution in [0.5, 0.6) is 11.5 Å². The van der Waals surface area contributed by atoms with Crippen LogP contribution in [0.15, 0.2) is 52.0 Å². The Labute approximate surface area is 196 Å². The number of ether oxygens (including phenoxy) is 1. The zero-order chi connectivity index (χ0) is 24.2. The van der Waals surface area contributed by atoms with Gasteiger partial charge in [0.2, 0.25) is 15.9 Å². The molecule has 0 radical (unpaired) electrons. The Morgan fingerprint density at radius 2 is 1.82 bits per heavy atom. The van der Waals surface area contributed by atoms with Crippen LogP contribution in [0.2, 0.25) is 0 Å². The largest absolute Gasteiger partial charge is 0.457 e. The van der Waals surface area contributed by atoms with Gasteiger partial charge in [-0.15, -0.1) is 11.8 Å². The van der Waals surface area contributed by atoms with Crippen molar-refractivity contribution in [3.05, 3.63) is 48.3 Å². The van der Waals surface area contributed by atoms with E-state index in [0.29, 0.717) is 17.2 Å². The number of aromatic nitrogens is 2. The number of rotatable bonds is 7. The monoisotopic (exact) mass is 491 g/mol. The van der Waals surface area contributed by atoms with Gasteiger partial charge in [-0.3, -0.25) is 10.0 Å². The predicted molar refractivity (Wildman–Crippen MR) is 129 cm³/mol. The van der Waals surface area contributed by atoms with Crippen LogP contribution < -0.4 is 20.1 Å². The van der Waals surface area contributed by atoms with Crippen LogP contribution in [0.3, 0.4) is 0 Å². The number of anilines is 3. The Kier molecular flexibility index (Phi) is 7.18. The van der Waals surface area contributed by atoms with E-state index in [1.165, 1.54) is 24.0 Å². The third-order valence-corrected chi connectivity index (χ3v) is 5.55. The lowest BCUT2D eigenvalue weighted by Crippen LogP contribution is -2.19. The third kappa shape index (κ3) is 7.12. The van der Waals surface area contributed by atoms with Crippen molar-refractivity contribution in [2.24, 2.45) is 0 Å². The molecule has 0 aliphatic heterocycles. The van der Waals surface area contributed by atoms with Gasteiger partial charge in [-0.1, -0.05) is 25.9 Å². The van der Waals surface area contributed by atoms with Crippen molar-refractivity contribution in [2.45, 2.75) is 31.1 Å². The highest BCUT2D eigenvalue weighted by Crippen LogP contribution is 2.32. The Balaban J connectivity index is 1.69. The van der Waals surface area contributed by atoms with Crippen molar-refractivity contribution in [3.8, 4) is 11.5 Å². The molecule has 2 aromatic heterocycles. The van der Waals surface area contributed by atoms with Crippen molar-refractivity contribution in [1.82, 2.24) is 10.1 Å². The van der Waals surface area contributed by atoms with E-state index in [0.717, 1.165) is 16.8 Å². The molecule has 33 heavy (non-hydrogen) atoms. The van der Waals surface area contributed by atoms with Gasteiger partial charge in [0.25, 0.3) is 0 Å². The van der Waals surface area contributed by atoms with Crippen LogP contribution in [0.25, 0.3) is 0 Å². The van der Waals surface area contributed by atoms with Crippen LogP contribution in [-0.4, -0.2) is 37.1 Å². The summed E-state index contributed by atoms with van der Waals surface area (Å²) in [6, 6.07) is 9.45. The van der Waals surface area contributed by atoms with E-state index in [4.69, 9.17) is 9.26 Å². The maximum Gasteiger partial charge on any atom is 0.326 e. The predicted octanol–water partition coefficient (Wildman–Crippen LogP) is 4.90. The second kappa shape index (κ2) is 9.71. The number of carbonyl (C=O) groups is 1. The SMILES string of the molecule is CSc1cc(Oc2ccnc(NS(C)(=O)=O)c2)ccc1NC(=O)Nc1cc(C(C)(C)C)no1. The molecule has 2 amide bonds. The zero-order valence-corrected chi connectivity index (χ0v) is 20.4. The number of sulfonamides is 1. The Hall–Kier alpha value is -3.25. The Morgan fingerprint density at radius 3 is 2.45 bits per heavy atom. The van der Waals surface area contributed by atoms with Crippen LogP contribution in [-0.2, 0) is 15.4 Å². The van der Waals surface area contributed by atoms with Crippen molar-refractivity contribution >= 4 is 45.2 Å². The highest BCUT2D eigenvalue weighted by atomic mass is 32.2. The van der Waals surface area contributed by atoms with Gasteiger partial charge in [0.05, 0.1) is 17.6 Å². The minimum atomic E-state index is -3.45. The number of thioether (sulfide) groups is 1. The van der Waals surface area contributed by atoms with E-state index < -0.39 is 16.1 Å². The van der Waals surface area contributed by atoms with Gasteiger partial charge in [0.15, 0.2) is 0 Å². The number of nitrogens with zero attached hydrogens (tertiary/aromatic N) is 2. The van der Waals surface area contributed by atoms with Gasteiger partial charge in [-0.25, -0.2) is 18.2 Å². The highest BCUT2D eigenvalue weighted by molar-refractivity contribution is 7.98. The summed E-state index contributed by atoms with van der Waals surface area (Å²) < 4.78 is 36.1. The molecule has 12 heteroatoms. The normalized spacial score (nSPS) is 11.7.